The highest BCUT2D eigenvalue weighted by atomic mass is 16.6. The van der Waals surface area contributed by atoms with E-state index in [9.17, 15) is 5.11 Å². The van der Waals surface area contributed by atoms with Crippen LogP contribution in [0.1, 0.15) is 63.0 Å². The van der Waals surface area contributed by atoms with Gasteiger partial charge in [0.2, 0.25) is 0 Å². The number of aliphatic hydroxyl groups is 1. The van der Waals surface area contributed by atoms with Gasteiger partial charge in [0.25, 0.3) is 0 Å². The Morgan fingerprint density at radius 1 is 1.00 bits per heavy atom. The lowest BCUT2D eigenvalue weighted by Gasteiger charge is -2.52. The van der Waals surface area contributed by atoms with Crippen LogP contribution in [0, 0.1) is 0 Å². The average Bonchev–Trinajstić information content (AvgIpc) is 3.07. The molecule has 0 radical (unpaired) electrons. The number of rotatable bonds is 11. The van der Waals surface area contributed by atoms with Gasteiger partial charge in [-0.25, -0.2) is 0 Å². The van der Waals surface area contributed by atoms with E-state index in [1.165, 1.54) is 5.56 Å². The van der Waals surface area contributed by atoms with Gasteiger partial charge in [-0.1, -0.05) is 66.7 Å². The Hall–Kier alpha value is -2.06. The predicted molar refractivity (Wildman–Crippen MR) is 150 cm³/mol. The molecule has 6 nitrogen and oxygen atoms in total. The molecule has 0 spiro atoms. The third kappa shape index (κ3) is 7.37. The van der Waals surface area contributed by atoms with E-state index >= 15 is 0 Å². The van der Waals surface area contributed by atoms with E-state index in [0.29, 0.717) is 32.7 Å². The van der Waals surface area contributed by atoms with Crippen molar-refractivity contribution in [3.05, 3.63) is 84.4 Å². The zero-order chi connectivity index (χ0) is 27.1. The number of fused-ring (bicyclic) bond motifs is 2. The molecule has 0 aromatic heterocycles. The molecule has 1 N–H and O–H groups in total. The lowest BCUT2D eigenvalue weighted by molar-refractivity contribution is -0.298. The van der Waals surface area contributed by atoms with Gasteiger partial charge in [-0.2, -0.15) is 0 Å². The lowest BCUT2D eigenvalue weighted by atomic mass is 9.81. The van der Waals surface area contributed by atoms with Crippen LogP contribution in [-0.4, -0.2) is 60.0 Å². The van der Waals surface area contributed by atoms with Gasteiger partial charge in [-0.15, -0.1) is 6.58 Å². The molecule has 0 aliphatic carbocycles. The highest BCUT2D eigenvalue weighted by Gasteiger charge is 2.54. The number of ether oxygens (including phenoxy) is 5. The third-order valence-corrected chi connectivity index (χ3v) is 8.47. The first-order chi connectivity index (χ1) is 19.0. The highest BCUT2D eigenvalue weighted by Crippen LogP contribution is 2.44. The predicted octanol–water partition coefficient (Wildman–Crippen LogP) is 5.76. The van der Waals surface area contributed by atoms with E-state index in [0.717, 1.165) is 37.7 Å². The first-order valence-corrected chi connectivity index (χ1v) is 14.6. The standard InChI is InChI=1S/C33H44O6/c1-3-11-28-27(34)17-18-33(2)31(38-28)21-30-32(39-33)29(36-23-25-14-8-5-9-15-25)20-26(37-30)16-10-19-35-22-24-12-6-4-7-13-24/h3-9,12-15,26-32,34H,1,10-11,16-23H2,2H3/t26-,27+,28-,29+,30-,31+,32+,33-/m0/s1. The molecule has 3 saturated heterocycles. The molecule has 0 bridgehead atoms. The summed E-state index contributed by atoms with van der Waals surface area (Å²) in [6.07, 6.45) is 5.95. The van der Waals surface area contributed by atoms with Crippen LogP contribution < -0.4 is 0 Å². The molecule has 39 heavy (non-hydrogen) atoms. The van der Waals surface area contributed by atoms with E-state index in [-0.39, 0.29) is 36.6 Å². The van der Waals surface area contributed by atoms with Gasteiger partial charge in [0.1, 0.15) is 6.10 Å². The van der Waals surface area contributed by atoms with E-state index in [2.05, 4.69) is 37.8 Å². The fraction of sp³-hybridized carbons (Fsp3) is 0.576. The van der Waals surface area contributed by atoms with Crippen LogP contribution >= 0.6 is 0 Å². The molecule has 0 amide bonds. The summed E-state index contributed by atoms with van der Waals surface area (Å²) in [7, 11) is 0. The topological polar surface area (TPSA) is 66.4 Å². The molecule has 212 valence electrons. The Morgan fingerprint density at radius 3 is 2.44 bits per heavy atom. The van der Waals surface area contributed by atoms with E-state index < -0.39 is 11.7 Å². The SMILES string of the molecule is C=CC[C@@H]1O[C@@H]2C[C@@H]3O[C@@H](CCCOCc4ccccc4)C[C@@H](OCc4ccccc4)[C@H]3O[C@@]2(C)CC[C@H]1O. The largest absolute Gasteiger partial charge is 0.390 e. The maximum absolute atomic E-state index is 10.7. The Kier molecular flexibility index (Phi) is 9.88. The van der Waals surface area contributed by atoms with Crippen molar-refractivity contribution in [3.63, 3.8) is 0 Å². The van der Waals surface area contributed by atoms with Crippen molar-refractivity contribution in [1.82, 2.24) is 0 Å². The maximum atomic E-state index is 10.7. The van der Waals surface area contributed by atoms with Crippen molar-refractivity contribution < 1.29 is 28.8 Å². The molecule has 3 aliphatic rings. The van der Waals surface area contributed by atoms with Crippen molar-refractivity contribution in [2.75, 3.05) is 6.61 Å². The molecule has 8 atom stereocenters. The molecule has 5 rings (SSSR count). The molecule has 3 fully saturated rings. The van der Waals surface area contributed by atoms with E-state index in [1.54, 1.807) is 0 Å². The minimum absolute atomic E-state index is 0.0700. The van der Waals surface area contributed by atoms with Crippen molar-refractivity contribution in [2.45, 2.75) is 113 Å². The molecule has 3 heterocycles. The van der Waals surface area contributed by atoms with Crippen LogP contribution in [-0.2, 0) is 36.9 Å². The quantitative estimate of drug-likeness (QED) is 0.291. The summed E-state index contributed by atoms with van der Waals surface area (Å²) >= 11 is 0. The van der Waals surface area contributed by atoms with Crippen molar-refractivity contribution >= 4 is 0 Å². The van der Waals surface area contributed by atoms with Crippen LogP contribution in [0.2, 0.25) is 0 Å². The molecule has 2 aromatic carbocycles. The summed E-state index contributed by atoms with van der Waals surface area (Å²) in [5.41, 5.74) is 1.85. The average molecular weight is 537 g/mol. The molecule has 0 unspecified atom stereocenters. The van der Waals surface area contributed by atoms with Crippen molar-refractivity contribution in [3.8, 4) is 0 Å². The second-order valence-corrected chi connectivity index (χ2v) is 11.5. The van der Waals surface area contributed by atoms with Gasteiger partial charge >= 0.3 is 0 Å². The van der Waals surface area contributed by atoms with Gasteiger partial charge in [-0.05, 0) is 50.2 Å². The minimum atomic E-state index is -0.522. The van der Waals surface area contributed by atoms with Crippen molar-refractivity contribution in [1.29, 1.82) is 0 Å². The van der Waals surface area contributed by atoms with E-state index in [1.807, 2.05) is 42.5 Å². The molecular formula is C33H44O6. The second kappa shape index (κ2) is 13.5. The summed E-state index contributed by atoms with van der Waals surface area (Å²) in [6.45, 7) is 7.85. The number of benzene rings is 2. The van der Waals surface area contributed by atoms with Crippen LogP contribution in [0.5, 0.6) is 0 Å². The first kappa shape index (κ1) is 28.5. The summed E-state index contributed by atoms with van der Waals surface area (Å²) in [4.78, 5) is 0. The summed E-state index contributed by atoms with van der Waals surface area (Å²) in [6, 6.07) is 20.6. The zero-order valence-corrected chi connectivity index (χ0v) is 23.2. The maximum Gasteiger partial charge on any atom is 0.111 e. The Morgan fingerprint density at radius 2 is 1.72 bits per heavy atom. The van der Waals surface area contributed by atoms with Crippen LogP contribution in [0.4, 0.5) is 0 Å². The van der Waals surface area contributed by atoms with Crippen LogP contribution in [0.3, 0.4) is 0 Å². The number of hydrogen-bond donors (Lipinski definition) is 1. The third-order valence-electron chi connectivity index (χ3n) is 8.47. The summed E-state index contributed by atoms with van der Waals surface area (Å²) in [5, 5.41) is 10.7. The molecule has 3 aliphatic heterocycles. The van der Waals surface area contributed by atoms with Crippen LogP contribution in [0.15, 0.2) is 73.3 Å². The van der Waals surface area contributed by atoms with E-state index in [4.69, 9.17) is 23.7 Å². The zero-order valence-electron chi connectivity index (χ0n) is 23.2. The van der Waals surface area contributed by atoms with Gasteiger partial charge in [0.05, 0.1) is 55.4 Å². The normalized spacial score (nSPS) is 34.5. The Bertz CT molecular complexity index is 1020. The highest BCUT2D eigenvalue weighted by molar-refractivity contribution is 5.14. The van der Waals surface area contributed by atoms with Gasteiger partial charge in [0, 0.05) is 19.4 Å². The van der Waals surface area contributed by atoms with Crippen molar-refractivity contribution in [2.24, 2.45) is 0 Å². The summed E-state index contributed by atoms with van der Waals surface area (Å²) < 4.78 is 32.5. The summed E-state index contributed by atoms with van der Waals surface area (Å²) in [5.74, 6) is 0. The molecule has 2 aromatic rings. The smallest absolute Gasteiger partial charge is 0.111 e. The van der Waals surface area contributed by atoms with Gasteiger partial charge < -0.3 is 28.8 Å². The first-order valence-electron chi connectivity index (χ1n) is 14.6. The van der Waals surface area contributed by atoms with Gasteiger partial charge in [-0.3, -0.25) is 0 Å². The Balaban J connectivity index is 1.23. The fourth-order valence-electron chi connectivity index (χ4n) is 6.22. The monoisotopic (exact) mass is 536 g/mol. The Labute approximate surface area is 233 Å². The van der Waals surface area contributed by atoms with Gasteiger partial charge in [0.15, 0.2) is 0 Å². The second-order valence-electron chi connectivity index (χ2n) is 11.5. The molecule has 6 heteroatoms. The number of hydrogen-bond acceptors (Lipinski definition) is 6. The lowest BCUT2D eigenvalue weighted by Crippen LogP contribution is -2.62. The minimum Gasteiger partial charge on any atom is -0.390 e. The number of aliphatic hydroxyl groups excluding tert-OH is 1. The molecule has 0 saturated carbocycles. The molecular weight excluding hydrogens is 492 g/mol. The fourth-order valence-corrected chi connectivity index (χ4v) is 6.22. The van der Waals surface area contributed by atoms with Crippen LogP contribution in [0.25, 0.3) is 0 Å².